The normalized spacial score (nSPS) is 14.9. The van der Waals surface area contributed by atoms with Gasteiger partial charge >= 0.3 is 0 Å². The molecule has 0 saturated heterocycles. The SMILES string of the molecule is Cc1ccc(S(=O)(=O)N(CC(=O)NC2CCCC2)c2ccc(F)cc2)cc1. The molecule has 1 aliphatic rings. The number of carbonyl (C=O) groups excluding carboxylic acids is 1. The number of hydrogen-bond donors (Lipinski definition) is 1. The molecule has 1 saturated carbocycles. The van der Waals surface area contributed by atoms with Crippen LogP contribution in [0.15, 0.2) is 53.4 Å². The highest BCUT2D eigenvalue weighted by atomic mass is 32.2. The molecule has 0 aliphatic heterocycles. The Bertz CT molecular complexity index is 890. The fourth-order valence-electron chi connectivity index (χ4n) is 3.23. The van der Waals surface area contributed by atoms with Gasteiger partial charge in [-0.1, -0.05) is 30.5 Å². The van der Waals surface area contributed by atoms with Crippen LogP contribution < -0.4 is 9.62 Å². The summed E-state index contributed by atoms with van der Waals surface area (Å²) in [5, 5.41) is 2.90. The molecule has 144 valence electrons. The maximum Gasteiger partial charge on any atom is 0.264 e. The summed E-state index contributed by atoms with van der Waals surface area (Å²) >= 11 is 0. The Balaban J connectivity index is 1.90. The van der Waals surface area contributed by atoms with Crippen molar-refractivity contribution in [1.82, 2.24) is 5.32 Å². The van der Waals surface area contributed by atoms with E-state index in [0.717, 1.165) is 35.6 Å². The summed E-state index contributed by atoms with van der Waals surface area (Å²) in [6.45, 7) is 1.52. The summed E-state index contributed by atoms with van der Waals surface area (Å²) in [5.74, 6) is -0.830. The molecule has 2 aromatic carbocycles. The second-order valence-electron chi connectivity index (χ2n) is 6.85. The molecule has 0 radical (unpaired) electrons. The zero-order chi connectivity index (χ0) is 19.4. The number of hydrogen-bond acceptors (Lipinski definition) is 3. The number of nitrogens with zero attached hydrogens (tertiary/aromatic N) is 1. The van der Waals surface area contributed by atoms with Crippen molar-refractivity contribution in [2.45, 2.75) is 43.5 Å². The molecular weight excluding hydrogens is 367 g/mol. The van der Waals surface area contributed by atoms with Crippen LogP contribution in [0.25, 0.3) is 0 Å². The first-order chi connectivity index (χ1) is 12.9. The zero-order valence-corrected chi connectivity index (χ0v) is 16.0. The second-order valence-corrected chi connectivity index (χ2v) is 8.71. The Morgan fingerprint density at radius 2 is 1.67 bits per heavy atom. The van der Waals surface area contributed by atoms with E-state index in [1.807, 2.05) is 6.92 Å². The number of aryl methyl sites for hydroxylation is 1. The first-order valence-electron chi connectivity index (χ1n) is 9.00. The van der Waals surface area contributed by atoms with Crippen LogP contribution in [-0.4, -0.2) is 26.9 Å². The molecule has 0 bridgehead atoms. The monoisotopic (exact) mass is 390 g/mol. The standard InChI is InChI=1S/C20H23FN2O3S/c1-15-6-12-19(13-7-15)27(25,26)23(18-10-8-16(21)9-11-18)14-20(24)22-17-4-2-3-5-17/h6-13,17H,2-5,14H2,1H3,(H,22,24). The predicted molar refractivity (Wildman–Crippen MR) is 103 cm³/mol. The molecule has 1 fully saturated rings. The number of halogens is 1. The lowest BCUT2D eigenvalue weighted by atomic mass is 10.2. The van der Waals surface area contributed by atoms with Crippen LogP contribution in [0, 0.1) is 12.7 Å². The third-order valence-corrected chi connectivity index (χ3v) is 6.52. The minimum absolute atomic E-state index is 0.0890. The lowest BCUT2D eigenvalue weighted by Gasteiger charge is -2.25. The lowest BCUT2D eigenvalue weighted by molar-refractivity contribution is -0.120. The fourth-order valence-corrected chi connectivity index (χ4v) is 4.65. The van der Waals surface area contributed by atoms with Gasteiger partial charge in [-0.05, 0) is 56.2 Å². The Morgan fingerprint density at radius 1 is 1.07 bits per heavy atom. The maximum atomic E-state index is 13.3. The van der Waals surface area contributed by atoms with Crippen molar-refractivity contribution < 1.29 is 17.6 Å². The second kappa shape index (κ2) is 8.08. The Morgan fingerprint density at radius 3 is 2.26 bits per heavy atom. The van der Waals surface area contributed by atoms with Crippen LogP contribution in [0.4, 0.5) is 10.1 Å². The molecule has 2 aromatic rings. The van der Waals surface area contributed by atoms with Crippen molar-refractivity contribution >= 4 is 21.6 Å². The van der Waals surface area contributed by atoms with Crippen molar-refractivity contribution in [2.75, 3.05) is 10.8 Å². The van der Waals surface area contributed by atoms with Crippen LogP contribution >= 0.6 is 0 Å². The summed E-state index contributed by atoms with van der Waals surface area (Å²) in [5.41, 5.74) is 1.18. The van der Waals surface area contributed by atoms with Gasteiger partial charge in [0.15, 0.2) is 0 Å². The maximum absolute atomic E-state index is 13.3. The van der Waals surface area contributed by atoms with Gasteiger partial charge < -0.3 is 5.32 Å². The quantitative estimate of drug-likeness (QED) is 0.822. The number of benzene rings is 2. The highest BCUT2D eigenvalue weighted by Crippen LogP contribution is 2.24. The molecule has 0 unspecified atom stereocenters. The molecular formula is C20H23FN2O3S. The summed E-state index contributed by atoms with van der Waals surface area (Å²) in [7, 11) is -3.96. The lowest BCUT2D eigenvalue weighted by Crippen LogP contribution is -2.43. The molecule has 1 amide bonds. The van der Waals surface area contributed by atoms with Gasteiger partial charge in [0.1, 0.15) is 12.4 Å². The molecule has 3 rings (SSSR count). The van der Waals surface area contributed by atoms with Gasteiger partial charge in [-0.2, -0.15) is 0 Å². The smallest absolute Gasteiger partial charge is 0.264 e. The molecule has 7 heteroatoms. The minimum Gasteiger partial charge on any atom is -0.352 e. The van der Waals surface area contributed by atoms with Gasteiger partial charge in [0.05, 0.1) is 10.6 Å². The Labute approximate surface area is 159 Å². The first kappa shape index (κ1) is 19.4. The van der Waals surface area contributed by atoms with Crippen molar-refractivity contribution in [3.05, 3.63) is 59.9 Å². The van der Waals surface area contributed by atoms with Gasteiger partial charge in [0.2, 0.25) is 5.91 Å². The third kappa shape index (κ3) is 4.66. The molecule has 1 N–H and O–H groups in total. The topological polar surface area (TPSA) is 66.5 Å². The van der Waals surface area contributed by atoms with E-state index in [2.05, 4.69) is 5.32 Å². The summed E-state index contributed by atoms with van der Waals surface area (Å²) < 4.78 is 40.6. The molecule has 5 nitrogen and oxygen atoms in total. The molecule has 1 aliphatic carbocycles. The van der Waals surface area contributed by atoms with Crippen molar-refractivity contribution in [3.8, 4) is 0 Å². The number of sulfonamides is 1. The third-order valence-electron chi connectivity index (χ3n) is 4.73. The van der Waals surface area contributed by atoms with Gasteiger partial charge in [-0.25, -0.2) is 12.8 Å². The van der Waals surface area contributed by atoms with E-state index in [9.17, 15) is 17.6 Å². The first-order valence-corrected chi connectivity index (χ1v) is 10.4. The van der Waals surface area contributed by atoms with Crippen LogP contribution in [0.5, 0.6) is 0 Å². The van der Waals surface area contributed by atoms with E-state index in [1.54, 1.807) is 12.1 Å². The molecule has 0 spiro atoms. The molecule has 27 heavy (non-hydrogen) atoms. The summed E-state index contributed by atoms with van der Waals surface area (Å²) in [4.78, 5) is 12.6. The number of anilines is 1. The Kier molecular flexibility index (Phi) is 5.79. The van der Waals surface area contributed by atoms with E-state index < -0.39 is 15.8 Å². The van der Waals surface area contributed by atoms with E-state index >= 15 is 0 Å². The van der Waals surface area contributed by atoms with E-state index in [-0.39, 0.29) is 29.1 Å². The van der Waals surface area contributed by atoms with E-state index in [4.69, 9.17) is 0 Å². The minimum atomic E-state index is -3.96. The average Bonchev–Trinajstić information content (AvgIpc) is 3.14. The predicted octanol–water partition coefficient (Wildman–Crippen LogP) is 3.39. The zero-order valence-electron chi connectivity index (χ0n) is 15.2. The molecule has 0 aromatic heterocycles. The van der Waals surface area contributed by atoms with Crippen molar-refractivity contribution in [1.29, 1.82) is 0 Å². The largest absolute Gasteiger partial charge is 0.352 e. The van der Waals surface area contributed by atoms with Gasteiger partial charge in [-0.15, -0.1) is 0 Å². The van der Waals surface area contributed by atoms with E-state index in [0.29, 0.717) is 0 Å². The van der Waals surface area contributed by atoms with Crippen molar-refractivity contribution in [2.24, 2.45) is 0 Å². The average molecular weight is 390 g/mol. The van der Waals surface area contributed by atoms with Crippen LogP contribution in [0.3, 0.4) is 0 Å². The van der Waals surface area contributed by atoms with Crippen LogP contribution in [0.2, 0.25) is 0 Å². The fraction of sp³-hybridized carbons (Fsp3) is 0.350. The number of nitrogens with one attached hydrogen (secondary N) is 1. The van der Waals surface area contributed by atoms with E-state index in [1.165, 1.54) is 36.4 Å². The summed E-state index contributed by atoms with van der Waals surface area (Å²) in [6.07, 6.45) is 3.95. The molecule has 0 atom stereocenters. The number of rotatable bonds is 6. The molecule has 0 heterocycles. The van der Waals surface area contributed by atoms with Crippen molar-refractivity contribution in [3.63, 3.8) is 0 Å². The van der Waals surface area contributed by atoms with Crippen LogP contribution in [0.1, 0.15) is 31.2 Å². The number of carbonyl (C=O) groups is 1. The number of amides is 1. The highest BCUT2D eigenvalue weighted by molar-refractivity contribution is 7.92. The van der Waals surface area contributed by atoms with Crippen LogP contribution in [-0.2, 0) is 14.8 Å². The Hall–Kier alpha value is -2.41. The van der Waals surface area contributed by atoms with Gasteiger partial charge in [0, 0.05) is 6.04 Å². The highest BCUT2D eigenvalue weighted by Gasteiger charge is 2.28. The summed E-state index contributed by atoms with van der Waals surface area (Å²) in [6, 6.07) is 11.6. The van der Waals surface area contributed by atoms with Gasteiger partial charge in [0.25, 0.3) is 10.0 Å². The van der Waals surface area contributed by atoms with Gasteiger partial charge in [-0.3, -0.25) is 9.10 Å².